The van der Waals surface area contributed by atoms with E-state index in [1.54, 1.807) is 95.6 Å². The standard InChI is InChI=1S/C29H36ClN2O7P.C27H32ClN2O7P.C27H31ClN2O4.C2H6ClO3P/c1-19(2)39-28-12-11-24(17-25(28)30)27(34)16-22(13-14-38-40(35,36-5)37-6)15-21-7-9-23(10-8-21)26-18-32(4)29(31-26)20(3)33;1-17(2)37-26-10-9-22(15-23(26)28)25(32)14-20(11-12-36-38(33,34)35)13-19-5-7-21(8-6-19)24-16-30(4)27(29-24)18(3)31;1-17(2)34-26-10-9-22(15-23(26)28)25(33)14-20(11-12-31)13-19-5-7-21(8-6-19)24-16-30(4)27(29-24)18(3)32;1-5-7(3,4)6-2/h7-12,17-19,22H,13-16H2,1-6H3;5-10,15-17,20H,11-14H2,1-4H3,(H2,33,34,35);5-10,15-17,20,31H,11-14H2,1-4H3;1-2H3. The molecule has 0 spiro atoms. The molecule has 34 heteroatoms. The zero-order valence-corrected chi connectivity index (χ0v) is 75.2. The third-order valence-electron chi connectivity index (χ3n) is 18.1. The lowest BCUT2D eigenvalue weighted by molar-refractivity contribution is 0.0940. The van der Waals surface area contributed by atoms with Crippen molar-refractivity contribution in [3.63, 3.8) is 0 Å². The predicted molar refractivity (Wildman–Crippen MR) is 460 cm³/mol. The average Bonchev–Trinajstić information content (AvgIpc) is 1.62. The number of halogens is 4. The maximum absolute atomic E-state index is 13.2. The molecule has 0 amide bonds. The summed E-state index contributed by atoms with van der Waals surface area (Å²) in [4.78, 5) is 106. The highest BCUT2D eigenvalue weighted by Gasteiger charge is 2.27. The van der Waals surface area contributed by atoms with Gasteiger partial charge in [-0.2, -0.15) is 0 Å². The first-order valence-corrected chi connectivity index (χ1v) is 44.6. The van der Waals surface area contributed by atoms with Gasteiger partial charge in [0.2, 0.25) is 0 Å². The highest BCUT2D eigenvalue weighted by Crippen LogP contribution is 2.51. The molecule has 0 saturated carbocycles. The molecule has 644 valence electrons. The van der Waals surface area contributed by atoms with Crippen molar-refractivity contribution in [1.82, 2.24) is 28.7 Å². The number of aliphatic hydroxyl groups is 1. The summed E-state index contributed by atoms with van der Waals surface area (Å²) >= 11 is 24.0. The minimum Gasteiger partial charge on any atom is -0.489 e. The molecular weight excluding hydrogens is 1680 g/mol. The number of benzene rings is 6. The summed E-state index contributed by atoms with van der Waals surface area (Å²) in [7, 11) is 2.05. The summed E-state index contributed by atoms with van der Waals surface area (Å²) in [5.74, 6) is 1.84. The van der Waals surface area contributed by atoms with Crippen molar-refractivity contribution >= 4 is 103 Å². The molecule has 3 atom stereocenters. The fourth-order valence-electron chi connectivity index (χ4n) is 12.4. The maximum Gasteiger partial charge on any atom is 0.474 e. The van der Waals surface area contributed by atoms with Crippen LogP contribution in [0.15, 0.2) is 146 Å². The van der Waals surface area contributed by atoms with Gasteiger partial charge in [0.25, 0.3) is 0 Å². The van der Waals surface area contributed by atoms with Crippen LogP contribution in [-0.2, 0) is 81.2 Å². The lowest BCUT2D eigenvalue weighted by Gasteiger charge is -2.19. The van der Waals surface area contributed by atoms with Gasteiger partial charge in [0, 0.05) is 159 Å². The number of phosphoric ester groups is 2. The minimum absolute atomic E-state index is 0.00626. The van der Waals surface area contributed by atoms with Crippen molar-refractivity contribution in [1.29, 1.82) is 0 Å². The molecule has 6 aromatic carbocycles. The van der Waals surface area contributed by atoms with Gasteiger partial charge in [-0.1, -0.05) is 108 Å². The van der Waals surface area contributed by atoms with Gasteiger partial charge in [-0.05, 0) is 169 Å². The fraction of sp³-hybridized carbons (Fsp3) is 0.400. The van der Waals surface area contributed by atoms with Crippen LogP contribution in [0.25, 0.3) is 33.8 Å². The molecule has 0 saturated heterocycles. The second kappa shape index (κ2) is 47.3. The molecular formula is C85H105Cl4N6O21P3. The molecule has 119 heavy (non-hydrogen) atoms. The molecule has 0 aliphatic carbocycles. The van der Waals surface area contributed by atoms with E-state index in [1.807, 2.05) is 127 Å². The molecule has 3 aromatic heterocycles. The van der Waals surface area contributed by atoms with E-state index in [4.69, 9.17) is 83.6 Å². The number of Topliss-reactive ketones (excluding diaryl/α,β-unsaturated/α-hetero) is 6. The van der Waals surface area contributed by atoms with Crippen molar-refractivity contribution in [3.8, 4) is 51.0 Å². The van der Waals surface area contributed by atoms with Crippen LogP contribution in [0.2, 0.25) is 15.1 Å². The maximum atomic E-state index is 13.2. The Hall–Kier alpha value is -8.14. The molecule has 0 fully saturated rings. The Kier molecular flexibility index (Phi) is 39.6. The second-order valence-electron chi connectivity index (χ2n) is 28.8. The van der Waals surface area contributed by atoms with Gasteiger partial charge in [-0.25, -0.2) is 28.6 Å². The molecule has 3 unspecified atom stereocenters. The van der Waals surface area contributed by atoms with Crippen LogP contribution in [0.5, 0.6) is 17.2 Å². The highest BCUT2D eigenvalue weighted by atomic mass is 35.7. The summed E-state index contributed by atoms with van der Waals surface area (Å²) < 4.78 is 83.9. The Morgan fingerprint density at radius 1 is 0.420 bits per heavy atom. The summed E-state index contributed by atoms with van der Waals surface area (Å²) in [6.07, 6.45) is 8.94. The number of ether oxygens (including phenoxy) is 3. The Labute approximate surface area is 714 Å². The smallest absolute Gasteiger partial charge is 0.474 e. The molecule has 9 aromatic rings. The average molecular weight is 1780 g/mol. The number of carbonyl (C=O) groups is 6. The number of nitrogens with zero attached hydrogens (tertiary/aromatic N) is 6. The fourth-order valence-corrected chi connectivity index (χ4v) is 14.2. The number of hydrogen-bond acceptors (Lipinski definition) is 22. The van der Waals surface area contributed by atoms with Gasteiger partial charge in [-0.3, -0.25) is 46.9 Å². The van der Waals surface area contributed by atoms with Crippen LogP contribution in [0.1, 0.15) is 180 Å². The molecule has 3 heterocycles. The van der Waals surface area contributed by atoms with Crippen molar-refractivity contribution in [2.24, 2.45) is 38.9 Å². The first-order chi connectivity index (χ1) is 56.1. The summed E-state index contributed by atoms with van der Waals surface area (Å²) in [6, 6.07) is 38.4. The van der Waals surface area contributed by atoms with E-state index in [2.05, 4.69) is 28.5 Å². The SMILES string of the molecule is CC(=O)c1nc(-c2ccc(CC(CCO)CC(=O)c3ccc(OC(C)C)c(Cl)c3)cc2)cn1C.CC(=O)c1nc(-c2ccc(CC(CCOP(=O)(O)O)CC(=O)c3ccc(OC(C)C)c(Cl)c3)cc2)cn1C.COP(=O)(Cl)OC.COP(=O)(OC)OCCC(CC(=O)c1ccc(OC(C)C)c(Cl)c1)Cc1ccc(-c2cn(C)c(C(C)=O)n2)cc1. The zero-order valence-electron chi connectivity index (χ0n) is 69.5. The number of phosphoric acid groups is 2. The van der Waals surface area contributed by atoms with E-state index in [9.17, 15) is 47.6 Å². The van der Waals surface area contributed by atoms with Crippen LogP contribution in [0, 0.1) is 17.8 Å². The topological polar surface area (TPSA) is 351 Å². The van der Waals surface area contributed by atoms with Gasteiger partial charge in [0.05, 0.1) is 63.7 Å². The third kappa shape index (κ3) is 32.6. The lowest BCUT2D eigenvalue weighted by Crippen LogP contribution is -2.14. The zero-order chi connectivity index (χ0) is 88.2. The van der Waals surface area contributed by atoms with E-state index in [0.29, 0.717) is 116 Å². The number of ketones is 6. The summed E-state index contributed by atoms with van der Waals surface area (Å²) in [5.41, 5.74) is 9.21. The molecule has 9 rings (SSSR count). The quantitative estimate of drug-likeness (QED) is 0.0237. The van der Waals surface area contributed by atoms with Crippen molar-refractivity contribution in [2.75, 3.05) is 48.3 Å². The molecule has 0 aliphatic rings. The van der Waals surface area contributed by atoms with Crippen LogP contribution in [0.3, 0.4) is 0 Å². The molecule has 3 N–H and O–H groups in total. The van der Waals surface area contributed by atoms with E-state index in [0.717, 1.165) is 39.1 Å². The van der Waals surface area contributed by atoms with Gasteiger partial charge in [0.1, 0.15) is 17.2 Å². The summed E-state index contributed by atoms with van der Waals surface area (Å²) in [5, 5.41) is 10.7. The number of aromatic nitrogens is 6. The van der Waals surface area contributed by atoms with Crippen LogP contribution < -0.4 is 14.2 Å². The number of aliphatic hydroxyl groups excluding tert-OH is 1. The van der Waals surface area contributed by atoms with E-state index < -0.39 is 22.6 Å². The lowest BCUT2D eigenvalue weighted by atomic mass is 9.89. The van der Waals surface area contributed by atoms with Crippen molar-refractivity contribution in [3.05, 3.63) is 212 Å². The van der Waals surface area contributed by atoms with E-state index in [-0.39, 0.29) is 110 Å². The molecule has 27 nitrogen and oxygen atoms in total. The molecule has 0 bridgehead atoms. The first-order valence-electron chi connectivity index (χ1n) is 38.0. The Morgan fingerprint density at radius 3 is 0.916 bits per heavy atom. The highest BCUT2D eigenvalue weighted by molar-refractivity contribution is 7.81. The number of rotatable bonds is 41. The molecule has 0 aliphatic heterocycles. The van der Waals surface area contributed by atoms with Crippen LogP contribution >= 0.6 is 68.6 Å². The minimum atomic E-state index is -4.62. The predicted octanol–water partition coefficient (Wildman–Crippen LogP) is 19.8. The monoisotopic (exact) mass is 1780 g/mol. The van der Waals surface area contributed by atoms with Gasteiger partial charge >= 0.3 is 22.6 Å². The van der Waals surface area contributed by atoms with E-state index in [1.165, 1.54) is 49.2 Å². The third-order valence-corrected chi connectivity index (χ3v) is 22.6. The van der Waals surface area contributed by atoms with Crippen molar-refractivity contribution in [2.45, 2.75) is 138 Å². The summed E-state index contributed by atoms with van der Waals surface area (Å²) in [6.45, 7) is 12.6. The van der Waals surface area contributed by atoms with Crippen LogP contribution in [0.4, 0.5) is 0 Å². The Morgan fingerprint density at radius 2 is 0.697 bits per heavy atom. The number of carbonyl (C=O) groups excluding carboxylic acids is 6. The van der Waals surface area contributed by atoms with E-state index >= 15 is 0 Å². The normalized spacial score (nSPS) is 12.4. The largest absolute Gasteiger partial charge is 0.489 e. The van der Waals surface area contributed by atoms with Gasteiger partial charge < -0.3 is 51.9 Å². The number of aryl methyl sites for hydroxylation is 3. The van der Waals surface area contributed by atoms with Gasteiger partial charge in [-0.15, -0.1) is 0 Å². The molecule has 0 radical (unpaired) electrons. The first kappa shape index (κ1) is 99.7. The number of hydrogen-bond donors (Lipinski definition) is 3. The van der Waals surface area contributed by atoms with Crippen LogP contribution in [-0.4, -0.2) is 145 Å². The number of imidazole rings is 3. The Bertz CT molecular complexity index is 5030. The second-order valence-corrected chi connectivity index (χ2v) is 36.0. The van der Waals surface area contributed by atoms with Gasteiger partial charge in [0.15, 0.2) is 52.2 Å². The Balaban J connectivity index is 0.000000266. The van der Waals surface area contributed by atoms with Crippen molar-refractivity contribution < 1.29 is 98.7 Å².